The molecule has 1 N–H and O–H groups in total. The van der Waals surface area contributed by atoms with Gasteiger partial charge < -0.3 is 14.8 Å². The lowest BCUT2D eigenvalue weighted by molar-refractivity contribution is 0.169. The molecular weight excluding hydrogens is 278 g/mol. The van der Waals surface area contributed by atoms with Crippen molar-refractivity contribution >= 4 is 0 Å². The van der Waals surface area contributed by atoms with E-state index in [9.17, 15) is 0 Å². The van der Waals surface area contributed by atoms with E-state index in [0.717, 1.165) is 29.3 Å². The smallest absolute Gasteiger partial charge is 0.165 e. The molecule has 2 heterocycles. The Morgan fingerprint density at radius 1 is 1.27 bits per heavy atom. The first-order valence-electron chi connectivity index (χ1n) is 7.69. The summed E-state index contributed by atoms with van der Waals surface area (Å²) in [6, 6.07) is 6.28. The number of nitrogens with zero attached hydrogens (tertiary/aromatic N) is 2. The maximum Gasteiger partial charge on any atom is 0.165 e. The van der Waals surface area contributed by atoms with E-state index in [1.807, 2.05) is 23.9 Å². The number of hydrogen-bond donors (Lipinski definition) is 1. The van der Waals surface area contributed by atoms with Crippen LogP contribution in [0, 0.1) is 13.8 Å². The zero-order valence-electron chi connectivity index (χ0n) is 13.6. The molecule has 0 radical (unpaired) electrons. The lowest BCUT2D eigenvalue weighted by atomic mass is 10.1. The number of rotatable bonds is 4. The summed E-state index contributed by atoms with van der Waals surface area (Å²) in [4.78, 5) is 0. The van der Waals surface area contributed by atoms with Gasteiger partial charge in [0, 0.05) is 36.5 Å². The zero-order valence-corrected chi connectivity index (χ0v) is 13.6. The van der Waals surface area contributed by atoms with Crippen molar-refractivity contribution in [3.05, 3.63) is 40.7 Å². The Labute approximate surface area is 131 Å². The number of aromatic nitrogens is 2. The standard InChI is InChI=1S/C17H23N3O2/c1-11(16-12(2)19-20(4)13(16)3)18-10-14-6-5-7-15-17(14)22-9-8-21-15/h5-7,11,18H,8-10H2,1-4H3. The van der Waals surface area contributed by atoms with Crippen LogP contribution in [0.2, 0.25) is 0 Å². The van der Waals surface area contributed by atoms with E-state index < -0.39 is 0 Å². The number of ether oxygens (including phenoxy) is 2. The topological polar surface area (TPSA) is 48.3 Å². The van der Waals surface area contributed by atoms with Crippen molar-refractivity contribution in [3.8, 4) is 11.5 Å². The highest BCUT2D eigenvalue weighted by molar-refractivity contribution is 5.47. The van der Waals surface area contributed by atoms with Crippen LogP contribution in [-0.4, -0.2) is 23.0 Å². The summed E-state index contributed by atoms with van der Waals surface area (Å²) in [5, 5.41) is 8.06. The molecule has 0 aliphatic carbocycles. The molecule has 1 aromatic carbocycles. The highest BCUT2D eigenvalue weighted by atomic mass is 16.6. The van der Waals surface area contributed by atoms with Crippen LogP contribution in [0.15, 0.2) is 18.2 Å². The molecule has 1 aliphatic heterocycles. The predicted octanol–water partition coefficient (Wildman–Crippen LogP) is 2.66. The summed E-state index contributed by atoms with van der Waals surface area (Å²) in [6.45, 7) is 8.30. The Balaban J connectivity index is 1.75. The molecule has 3 rings (SSSR count). The summed E-state index contributed by atoms with van der Waals surface area (Å²) in [5.74, 6) is 1.71. The van der Waals surface area contributed by atoms with Gasteiger partial charge in [-0.05, 0) is 26.8 Å². The van der Waals surface area contributed by atoms with Crippen molar-refractivity contribution < 1.29 is 9.47 Å². The van der Waals surface area contributed by atoms with Crippen LogP contribution in [0.3, 0.4) is 0 Å². The first-order valence-corrected chi connectivity index (χ1v) is 7.69. The Bertz CT molecular complexity index is 679. The molecule has 1 unspecified atom stereocenters. The third-order valence-electron chi connectivity index (χ3n) is 4.24. The second-order valence-corrected chi connectivity index (χ2v) is 5.75. The summed E-state index contributed by atoms with van der Waals surface area (Å²) >= 11 is 0. The van der Waals surface area contributed by atoms with Gasteiger partial charge in [-0.25, -0.2) is 0 Å². The molecule has 0 bridgehead atoms. The van der Waals surface area contributed by atoms with Crippen molar-refractivity contribution in [3.63, 3.8) is 0 Å². The van der Waals surface area contributed by atoms with Gasteiger partial charge in [-0.1, -0.05) is 12.1 Å². The third kappa shape index (κ3) is 2.68. The van der Waals surface area contributed by atoms with Crippen molar-refractivity contribution in [2.75, 3.05) is 13.2 Å². The van der Waals surface area contributed by atoms with E-state index in [0.29, 0.717) is 13.2 Å². The van der Waals surface area contributed by atoms with Gasteiger partial charge in [-0.15, -0.1) is 0 Å². The predicted molar refractivity (Wildman–Crippen MR) is 85.4 cm³/mol. The molecule has 0 amide bonds. The molecule has 0 spiro atoms. The fourth-order valence-electron chi connectivity index (χ4n) is 3.06. The number of hydrogen-bond acceptors (Lipinski definition) is 4. The van der Waals surface area contributed by atoms with Crippen LogP contribution in [0.1, 0.15) is 35.5 Å². The van der Waals surface area contributed by atoms with Crippen LogP contribution in [0.5, 0.6) is 11.5 Å². The van der Waals surface area contributed by atoms with Gasteiger partial charge in [-0.2, -0.15) is 5.10 Å². The minimum absolute atomic E-state index is 0.231. The van der Waals surface area contributed by atoms with Gasteiger partial charge in [0.05, 0.1) is 5.69 Å². The van der Waals surface area contributed by atoms with Crippen molar-refractivity contribution in [1.82, 2.24) is 15.1 Å². The second-order valence-electron chi connectivity index (χ2n) is 5.75. The van der Waals surface area contributed by atoms with E-state index in [1.54, 1.807) is 0 Å². The van der Waals surface area contributed by atoms with Gasteiger partial charge in [0.2, 0.25) is 0 Å². The molecule has 22 heavy (non-hydrogen) atoms. The molecule has 0 saturated heterocycles. The quantitative estimate of drug-likeness (QED) is 0.943. The maximum atomic E-state index is 5.76. The minimum atomic E-state index is 0.231. The van der Waals surface area contributed by atoms with Crippen molar-refractivity contribution in [1.29, 1.82) is 0 Å². The normalized spacial score (nSPS) is 14.9. The number of aryl methyl sites for hydroxylation is 2. The molecule has 0 fully saturated rings. The Kier molecular flexibility index (Phi) is 4.07. The average molecular weight is 301 g/mol. The van der Waals surface area contributed by atoms with Crippen LogP contribution < -0.4 is 14.8 Å². The maximum absolute atomic E-state index is 5.76. The van der Waals surface area contributed by atoms with Crippen LogP contribution in [-0.2, 0) is 13.6 Å². The third-order valence-corrected chi connectivity index (χ3v) is 4.24. The Hall–Kier alpha value is -2.01. The fourth-order valence-corrected chi connectivity index (χ4v) is 3.06. The number of fused-ring (bicyclic) bond motifs is 1. The summed E-state index contributed by atoms with van der Waals surface area (Å²) in [5.41, 5.74) is 4.68. The summed E-state index contributed by atoms with van der Waals surface area (Å²) in [6.07, 6.45) is 0. The van der Waals surface area contributed by atoms with Gasteiger partial charge in [-0.3, -0.25) is 4.68 Å². The number of benzene rings is 1. The first-order chi connectivity index (χ1) is 10.6. The van der Waals surface area contributed by atoms with Crippen molar-refractivity contribution in [2.24, 2.45) is 7.05 Å². The van der Waals surface area contributed by atoms with Crippen LogP contribution >= 0.6 is 0 Å². The molecular formula is C17H23N3O2. The highest BCUT2D eigenvalue weighted by Gasteiger charge is 2.18. The van der Waals surface area contributed by atoms with Gasteiger partial charge in [0.1, 0.15) is 13.2 Å². The lowest BCUT2D eigenvalue weighted by Crippen LogP contribution is -2.22. The molecule has 118 valence electrons. The zero-order chi connectivity index (χ0) is 15.7. The molecule has 5 heteroatoms. The monoisotopic (exact) mass is 301 g/mol. The Morgan fingerprint density at radius 2 is 2.05 bits per heavy atom. The first kappa shape index (κ1) is 14.9. The second kappa shape index (κ2) is 6.01. The highest BCUT2D eigenvalue weighted by Crippen LogP contribution is 2.34. The number of para-hydroxylation sites is 1. The van der Waals surface area contributed by atoms with E-state index in [2.05, 4.69) is 37.3 Å². The molecule has 5 nitrogen and oxygen atoms in total. The molecule has 1 atom stereocenters. The Morgan fingerprint density at radius 3 is 2.77 bits per heavy atom. The van der Waals surface area contributed by atoms with Gasteiger partial charge >= 0.3 is 0 Å². The lowest BCUT2D eigenvalue weighted by Gasteiger charge is -2.22. The summed E-state index contributed by atoms with van der Waals surface area (Å²) < 4.78 is 13.3. The molecule has 2 aromatic rings. The molecule has 1 aromatic heterocycles. The minimum Gasteiger partial charge on any atom is -0.486 e. The van der Waals surface area contributed by atoms with E-state index in [-0.39, 0.29) is 6.04 Å². The average Bonchev–Trinajstić information content (AvgIpc) is 2.77. The summed E-state index contributed by atoms with van der Waals surface area (Å²) in [7, 11) is 1.98. The van der Waals surface area contributed by atoms with E-state index >= 15 is 0 Å². The fraction of sp³-hybridized carbons (Fsp3) is 0.471. The van der Waals surface area contributed by atoms with Crippen molar-refractivity contribution in [2.45, 2.75) is 33.4 Å². The number of nitrogens with one attached hydrogen (secondary N) is 1. The molecule has 1 aliphatic rings. The molecule has 0 saturated carbocycles. The van der Waals surface area contributed by atoms with Gasteiger partial charge in [0.25, 0.3) is 0 Å². The van der Waals surface area contributed by atoms with Crippen LogP contribution in [0.4, 0.5) is 0 Å². The van der Waals surface area contributed by atoms with E-state index in [1.165, 1.54) is 11.3 Å². The van der Waals surface area contributed by atoms with E-state index in [4.69, 9.17) is 9.47 Å². The van der Waals surface area contributed by atoms with Crippen LogP contribution in [0.25, 0.3) is 0 Å². The largest absolute Gasteiger partial charge is 0.486 e. The SMILES string of the molecule is Cc1nn(C)c(C)c1C(C)NCc1cccc2c1OCCO2. The van der Waals surface area contributed by atoms with Gasteiger partial charge in [0.15, 0.2) is 11.5 Å².